The van der Waals surface area contributed by atoms with Gasteiger partial charge in [-0.3, -0.25) is 0 Å². The first kappa shape index (κ1) is 13.0. The number of carbonyl (C=O) groups is 1. The second-order valence-corrected chi connectivity index (χ2v) is 4.46. The predicted octanol–water partition coefficient (Wildman–Crippen LogP) is 3.80. The van der Waals surface area contributed by atoms with E-state index in [9.17, 15) is 4.79 Å². The van der Waals surface area contributed by atoms with Crippen LogP contribution in [0.2, 0.25) is 0 Å². The van der Waals surface area contributed by atoms with E-state index >= 15 is 0 Å². The lowest BCUT2D eigenvalue weighted by Crippen LogP contribution is -2.11. The van der Waals surface area contributed by atoms with Crippen molar-refractivity contribution in [2.45, 2.75) is 26.4 Å². The maximum Gasteiger partial charge on any atom is 0.331 e. The van der Waals surface area contributed by atoms with Crippen LogP contribution in [0.25, 0.3) is 6.08 Å². The standard InChI is InChI=1S/C13H15BrO2/c1-3-10(2)16-13(15)9-6-11-4-7-12(14)8-5-11/h4-10H,3H2,1-2H3. The van der Waals surface area contributed by atoms with Crippen LogP contribution < -0.4 is 0 Å². The van der Waals surface area contributed by atoms with Crippen molar-refractivity contribution in [3.8, 4) is 0 Å². The molecule has 16 heavy (non-hydrogen) atoms. The van der Waals surface area contributed by atoms with Crippen molar-refractivity contribution in [1.29, 1.82) is 0 Å². The van der Waals surface area contributed by atoms with E-state index in [0.29, 0.717) is 0 Å². The van der Waals surface area contributed by atoms with E-state index in [2.05, 4.69) is 15.9 Å². The first-order valence-corrected chi connectivity index (χ1v) is 6.05. The molecule has 0 saturated carbocycles. The summed E-state index contributed by atoms with van der Waals surface area (Å²) in [4.78, 5) is 11.3. The molecular formula is C13H15BrO2. The van der Waals surface area contributed by atoms with Gasteiger partial charge in [-0.15, -0.1) is 0 Å². The normalized spacial score (nSPS) is 12.7. The van der Waals surface area contributed by atoms with Crippen molar-refractivity contribution in [2.75, 3.05) is 0 Å². The van der Waals surface area contributed by atoms with Gasteiger partial charge in [0.2, 0.25) is 0 Å². The SMILES string of the molecule is CCC(C)OC(=O)C=Cc1ccc(Br)cc1. The topological polar surface area (TPSA) is 26.3 Å². The number of hydrogen-bond acceptors (Lipinski definition) is 2. The monoisotopic (exact) mass is 282 g/mol. The summed E-state index contributed by atoms with van der Waals surface area (Å²) in [7, 11) is 0. The molecule has 0 aliphatic rings. The fourth-order valence-electron chi connectivity index (χ4n) is 1.06. The molecule has 0 aromatic heterocycles. The van der Waals surface area contributed by atoms with Crippen molar-refractivity contribution in [1.82, 2.24) is 0 Å². The van der Waals surface area contributed by atoms with Gasteiger partial charge in [-0.2, -0.15) is 0 Å². The van der Waals surface area contributed by atoms with Crippen molar-refractivity contribution in [3.63, 3.8) is 0 Å². The number of ether oxygens (including phenoxy) is 1. The number of hydrogen-bond donors (Lipinski definition) is 0. The van der Waals surface area contributed by atoms with Gasteiger partial charge in [0.1, 0.15) is 0 Å². The minimum absolute atomic E-state index is 0.0259. The molecule has 2 nitrogen and oxygen atoms in total. The average Bonchev–Trinajstić information content (AvgIpc) is 2.28. The lowest BCUT2D eigenvalue weighted by atomic mass is 10.2. The van der Waals surface area contributed by atoms with E-state index in [1.807, 2.05) is 38.1 Å². The van der Waals surface area contributed by atoms with Gasteiger partial charge in [-0.25, -0.2) is 4.79 Å². The van der Waals surface area contributed by atoms with Gasteiger partial charge in [0.15, 0.2) is 0 Å². The third-order valence-electron chi connectivity index (χ3n) is 2.17. The van der Waals surface area contributed by atoms with Crippen LogP contribution in [0, 0.1) is 0 Å². The van der Waals surface area contributed by atoms with Crippen LogP contribution in [0.15, 0.2) is 34.8 Å². The van der Waals surface area contributed by atoms with Crippen LogP contribution >= 0.6 is 15.9 Å². The van der Waals surface area contributed by atoms with E-state index in [-0.39, 0.29) is 12.1 Å². The fourth-order valence-corrected chi connectivity index (χ4v) is 1.32. The molecule has 0 spiro atoms. The van der Waals surface area contributed by atoms with Crippen molar-refractivity contribution >= 4 is 28.0 Å². The van der Waals surface area contributed by atoms with Crippen LogP contribution in [0.3, 0.4) is 0 Å². The summed E-state index contributed by atoms with van der Waals surface area (Å²) in [5, 5.41) is 0. The third kappa shape index (κ3) is 4.62. The highest BCUT2D eigenvalue weighted by molar-refractivity contribution is 9.10. The molecule has 0 aliphatic carbocycles. The number of carbonyl (C=O) groups excluding carboxylic acids is 1. The smallest absolute Gasteiger partial charge is 0.331 e. The summed E-state index contributed by atoms with van der Waals surface area (Å²) >= 11 is 3.35. The molecule has 0 aliphatic heterocycles. The highest BCUT2D eigenvalue weighted by Gasteiger charge is 2.02. The first-order chi connectivity index (χ1) is 7.61. The van der Waals surface area contributed by atoms with Gasteiger partial charge in [0.25, 0.3) is 0 Å². The molecule has 0 amide bonds. The van der Waals surface area contributed by atoms with Crippen molar-refractivity contribution in [3.05, 3.63) is 40.4 Å². The largest absolute Gasteiger partial charge is 0.460 e. The number of halogens is 1. The summed E-state index contributed by atoms with van der Waals surface area (Å²) in [6, 6.07) is 7.72. The second kappa shape index (κ2) is 6.48. The average molecular weight is 283 g/mol. The Morgan fingerprint density at radius 2 is 2.06 bits per heavy atom. The number of rotatable bonds is 4. The zero-order valence-corrected chi connectivity index (χ0v) is 11.0. The molecular weight excluding hydrogens is 268 g/mol. The Kier molecular flexibility index (Phi) is 5.26. The zero-order chi connectivity index (χ0) is 12.0. The Bertz CT molecular complexity index is 368. The summed E-state index contributed by atoms with van der Waals surface area (Å²) in [6.07, 6.45) is 4.01. The molecule has 1 aromatic rings. The van der Waals surface area contributed by atoms with Gasteiger partial charge in [0, 0.05) is 10.5 Å². The summed E-state index contributed by atoms with van der Waals surface area (Å²) < 4.78 is 6.13. The lowest BCUT2D eigenvalue weighted by Gasteiger charge is -2.07. The van der Waals surface area contributed by atoms with E-state index in [1.54, 1.807) is 6.08 Å². The highest BCUT2D eigenvalue weighted by atomic mass is 79.9. The van der Waals surface area contributed by atoms with E-state index in [0.717, 1.165) is 16.5 Å². The minimum atomic E-state index is -0.294. The Morgan fingerprint density at radius 3 is 2.62 bits per heavy atom. The fraction of sp³-hybridized carbons (Fsp3) is 0.308. The van der Waals surface area contributed by atoms with Crippen molar-refractivity contribution < 1.29 is 9.53 Å². The van der Waals surface area contributed by atoms with Gasteiger partial charge >= 0.3 is 5.97 Å². The zero-order valence-electron chi connectivity index (χ0n) is 9.44. The molecule has 0 heterocycles. The quantitative estimate of drug-likeness (QED) is 0.620. The molecule has 1 unspecified atom stereocenters. The molecule has 3 heteroatoms. The summed E-state index contributed by atoms with van der Waals surface area (Å²) in [6.45, 7) is 3.86. The lowest BCUT2D eigenvalue weighted by molar-refractivity contribution is -0.142. The Hall–Kier alpha value is -1.09. The Balaban J connectivity index is 2.53. The number of benzene rings is 1. The highest BCUT2D eigenvalue weighted by Crippen LogP contribution is 2.11. The molecule has 0 N–H and O–H groups in total. The van der Waals surface area contributed by atoms with Gasteiger partial charge < -0.3 is 4.74 Å². The summed E-state index contributed by atoms with van der Waals surface area (Å²) in [5.41, 5.74) is 0.976. The third-order valence-corrected chi connectivity index (χ3v) is 2.70. The van der Waals surface area contributed by atoms with Crippen LogP contribution in [-0.4, -0.2) is 12.1 Å². The summed E-state index contributed by atoms with van der Waals surface area (Å²) in [5.74, 6) is -0.294. The molecule has 86 valence electrons. The van der Waals surface area contributed by atoms with E-state index in [1.165, 1.54) is 6.08 Å². The molecule has 0 radical (unpaired) electrons. The Morgan fingerprint density at radius 1 is 1.44 bits per heavy atom. The second-order valence-electron chi connectivity index (χ2n) is 3.54. The van der Waals surface area contributed by atoms with Crippen LogP contribution in [-0.2, 0) is 9.53 Å². The minimum Gasteiger partial charge on any atom is -0.460 e. The Labute approximate surface area is 104 Å². The van der Waals surface area contributed by atoms with Crippen LogP contribution in [0.1, 0.15) is 25.8 Å². The molecule has 0 fully saturated rings. The van der Waals surface area contributed by atoms with Crippen molar-refractivity contribution in [2.24, 2.45) is 0 Å². The molecule has 1 rings (SSSR count). The van der Waals surface area contributed by atoms with Gasteiger partial charge in [-0.1, -0.05) is 35.0 Å². The number of esters is 1. The maximum atomic E-state index is 11.3. The van der Waals surface area contributed by atoms with Crippen LogP contribution in [0.5, 0.6) is 0 Å². The van der Waals surface area contributed by atoms with Crippen LogP contribution in [0.4, 0.5) is 0 Å². The van der Waals surface area contributed by atoms with Gasteiger partial charge in [-0.05, 0) is 37.1 Å². The first-order valence-electron chi connectivity index (χ1n) is 5.26. The molecule has 0 bridgehead atoms. The predicted molar refractivity (Wildman–Crippen MR) is 69.0 cm³/mol. The molecule has 1 atom stereocenters. The van der Waals surface area contributed by atoms with E-state index in [4.69, 9.17) is 4.74 Å². The maximum absolute atomic E-state index is 11.3. The van der Waals surface area contributed by atoms with E-state index < -0.39 is 0 Å². The van der Waals surface area contributed by atoms with Gasteiger partial charge in [0.05, 0.1) is 6.10 Å². The molecule has 0 saturated heterocycles. The molecule has 1 aromatic carbocycles.